The molecule has 0 saturated heterocycles. The molecular weight excluding hydrogens is 377 g/mol. The molecule has 0 spiro atoms. The van der Waals surface area contributed by atoms with Crippen LogP contribution in [0.3, 0.4) is 0 Å². The first kappa shape index (κ1) is 19.2. The first-order valence-electron chi connectivity index (χ1n) is 9.70. The van der Waals surface area contributed by atoms with E-state index in [9.17, 15) is 13.4 Å². The Kier molecular flexibility index (Phi) is 5.29. The first-order chi connectivity index (χ1) is 13.5. The molecular formula is C21H24FN3O2S. The zero-order valence-electron chi connectivity index (χ0n) is 16.1. The van der Waals surface area contributed by atoms with Crippen molar-refractivity contribution in [1.82, 2.24) is 9.71 Å². The highest BCUT2D eigenvalue weighted by atomic mass is 32.2. The highest BCUT2D eigenvalue weighted by Crippen LogP contribution is 2.39. The number of hydrogen-bond donors (Lipinski definition) is 1. The van der Waals surface area contributed by atoms with E-state index in [0.29, 0.717) is 24.3 Å². The lowest BCUT2D eigenvalue weighted by Gasteiger charge is -2.29. The number of amides is 1. The number of pyridine rings is 1. The molecule has 2 aliphatic rings. The largest absolute Gasteiger partial charge is 0.313 e. The van der Waals surface area contributed by atoms with Crippen molar-refractivity contribution in [2.45, 2.75) is 45.1 Å². The minimum absolute atomic E-state index is 0.00297. The maximum atomic E-state index is 14.9. The molecule has 2 atom stereocenters. The number of fused-ring (bicyclic) bond motifs is 2. The maximum absolute atomic E-state index is 14.9. The number of aromatic nitrogens is 1. The second-order valence-electron chi connectivity index (χ2n) is 7.37. The van der Waals surface area contributed by atoms with E-state index in [0.717, 1.165) is 47.1 Å². The second kappa shape index (κ2) is 7.72. The Labute approximate surface area is 166 Å². The van der Waals surface area contributed by atoms with Crippen LogP contribution < -0.4 is 9.62 Å². The number of carbonyl (C=O) groups excluding carboxylic acids is 1. The van der Waals surface area contributed by atoms with Crippen molar-refractivity contribution in [1.29, 1.82) is 0 Å². The molecule has 0 saturated carbocycles. The zero-order valence-corrected chi connectivity index (χ0v) is 16.9. The summed E-state index contributed by atoms with van der Waals surface area (Å²) in [6, 6.07) is 3.50. The molecule has 7 heteroatoms. The molecule has 1 N–H and O–H groups in total. The van der Waals surface area contributed by atoms with Gasteiger partial charge in [0.15, 0.2) is 0 Å². The van der Waals surface area contributed by atoms with Crippen molar-refractivity contribution in [3.8, 4) is 11.1 Å². The van der Waals surface area contributed by atoms with Gasteiger partial charge in [-0.05, 0) is 60.1 Å². The van der Waals surface area contributed by atoms with Gasteiger partial charge < -0.3 is 4.90 Å². The lowest BCUT2D eigenvalue weighted by Crippen LogP contribution is -2.32. The predicted octanol–water partition coefficient (Wildman–Crippen LogP) is 3.45. The Morgan fingerprint density at radius 2 is 2.11 bits per heavy atom. The number of nitrogens with one attached hydrogen (secondary N) is 1. The minimum Gasteiger partial charge on any atom is -0.313 e. The Hall–Kier alpha value is -2.12. The minimum atomic E-state index is -1.07. The van der Waals surface area contributed by atoms with E-state index in [1.165, 1.54) is 11.0 Å². The quantitative estimate of drug-likeness (QED) is 0.854. The summed E-state index contributed by atoms with van der Waals surface area (Å²) in [5.74, 6) is 0.121. The van der Waals surface area contributed by atoms with Gasteiger partial charge in [-0.1, -0.05) is 6.92 Å². The fraction of sp³-hybridized carbons (Fsp3) is 0.429. The van der Waals surface area contributed by atoms with Crippen LogP contribution in [0.2, 0.25) is 0 Å². The lowest BCUT2D eigenvalue weighted by atomic mass is 9.84. The van der Waals surface area contributed by atoms with Crippen LogP contribution in [0.4, 0.5) is 10.1 Å². The summed E-state index contributed by atoms with van der Waals surface area (Å²) < 4.78 is 30.1. The summed E-state index contributed by atoms with van der Waals surface area (Å²) in [6.07, 6.45) is 7.35. The molecule has 148 valence electrons. The number of nitrogens with zero attached hydrogens (tertiary/aromatic N) is 2. The van der Waals surface area contributed by atoms with E-state index in [2.05, 4.69) is 9.71 Å². The van der Waals surface area contributed by atoms with E-state index in [4.69, 9.17) is 0 Å². The van der Waals surface area contributed by atoms with Gasteiger partial charge in [0.05, 0.1) is 16.7 Å². The van der Waals surface area contributed by atoms with E-state index in [-0.39, 0.29) is 17.8 Å². The average molecular weight is 402 g/mol. The third-order valence-electron chi connectivity index (χ3n) is 5.69. The van der Waals surface area contributed by atoms with Crippen LogP contribution in [0, 0.1) is 5.82 Å². The van der Waals surface area contributed by atoms with Crippen LogP contribution in [-0.4, -0.2) is 27.9 Å². The predicted molar refractivity (Wildman–Crippen MR) is 109 cm³/mol. The number of aryl methyl sites for hydroxylation is 1. The van der Waals surface area contributed by atoms with Crippen molar-refractivity contribution in [3.63, 3.8) is 0 Å². The fourth-order valence-corrected chi connectivity index (χ4v) is 4.97. The number of rotatable bonds is 4. The summed E-state index contributed by atoms with van der Waals surface area (Å²) in [4.78, 5) is 17.7. The van der Waals surface area contributed by atoms with Gasteiger partial charge in [0, 0.05) is 43.2 Å². The van der Waals surface area contributed by atoms with Crippen molar-refractivity contribution >= 4 is 22.6 Å². The summed E-state index contributed by atoms with van der Waals surface area (Å²) >= 11 is 0. The van der Waals surface area contributed by atoms with E-state index >= 15 is 0 Å². The third-order valence-corrected chi connectivity index (χ3v) is 6.76. The normalized spacial score (nSPS) is 19.9. The third kappa shape index (κ3) is 3.37. The van der Waals surface area contributed by atoms with E-state index in [1.54, 1.807) is 13.2 Å². The fourth-order valence-electron chi connectivity index (χ4n) is 4.25. The van der Waals surface area contributed by atoms with Crippen LogP contribution in [0.15, 0.2) is 24.5 Å². The van der Waals surface area contributed by atoms with Gasteiger partial charge in [0.2, 0.25) is 5.91 Å². The summed E-state index contributed by atoms with van der Waals surface area (Å²) in [5, 5.41) is 0. The Morgan fingerprint density at radius 3 is 2.89 bits per heavy atom. The monoisotopic (exact) mass is 401 g/mol. The highest BCUT2D eigenvalue weighted by Gasteiger charge is 2.27. The molecule has 1 aromatic carbocycles. The van der Waals surface area contributed by atoms with Gasteiger partial charge in [-0.25, -0.2) is 13.3 Å². The molecule has 1 aliphatic heterocycles. The molecule has 1 aliphatic carbocycles. The van der Waals surface area contributed by atoms with Crippen molar-refractivity contribution in [2.24, 2.45) is 0 Å². The van der Waals surface area contributed by atoms with Crippen molar-refractivity contribution in [2.75, 3.05) is 17.7 Å². The molecule has 1 aromatic heterocycles. The molecule has 0 radical (unpaired) electrons. The van der Waals surface area contributed by atoms with E-state index < -0.39 is 11.0 Å². The molecule has 0 bridgehead atoms. The van der Waals surface area contributed by atoms with Gasteiger partial charge >= 0.3 is 0 Å². The van der Waals surface area contributed by atoms with Crippen LogP contribution in [0.25, 0.3) is 11.1 Å². The van der Waals surface area contributed by atoms with E-state index in [1.807, 2.05) is 19.2 Å². The summed E-state index contributed by atoms with van der Waals surface area (Å²) in [7, 11) is 0.553. The zero-order chi connectivity index (χ0) is 19.8. The number of hydrogen-bond acceptors (Lipinski definition) is 3. The second-order valence-corrected chi connectivity index (χ2v) is 8.87. The summed E-state index contributed by atoms with van der Waals surface area (Å²) in [5.41, 5.74) is 5.15. The first-order valence-corrected chi connectivity index (χ1v) is 11.0. The number of carbonyl (C=O) groups is 1. The van der Waals surface area contributed by atoms with Crippen molar-refractivity contribution < 1.29 is 13.4 Å². The van der Waals surface area contributed by atoms with Gasteiger partial charge in [-0.2, -0.15) is 0 Å². The molecule has 0 fully saturated rings. The molecule has 2 heterocycles. The topological polar surface area (TPSA) is 62.3 Å². The molecule has 1 amide bonds. The van der Waals surface area contributed by atoms with Gasteiger partial charge in [0.25, 0.3) is 0 Å². The molecule has 28 heavy (non-hydrogen) atoms. The molecule has 2 aromatic rings. The summed E-state index contributed by atoms with van der Waals surface area (Å²) in [6.45, 7) is 1.89. The standard InChI is InChI=1S/C21H24FN3O2S/c1-3-28(27)24-19-6-4-5-15-16(11-23-12-17(15)19)14-9-13-7-8-20(26)25(2)21(13)18(22)10-14/h9-12,19,24H,3-8H2,1-2H3. The Morgan fingerprint density at radius 1 is 1.29 bits per heavy atom. The van der Waals surface area contributed by atoms with Crippen LogP contribution in [-0.2, 0) is 28.6 Å². The number of benzene rings is 1. The van der Waals surface area contributed by atoms with Crippen molar-refractivity contribution in [3.05, 3.63) is 47.0 Å². The highest BCUT2D eigenvalue weighted by molar-refractivity contribution is 7.82. The smallest absolute Gasteiger partial charge is 0.227 e. The molecule has 4 rings (SSSR count). The molecule has 2 unspecified atom stereocenters. The molecule has 5 nitrogen and oxygen atoms in total. The van der Waals surface area contributed by atoms with Gasteiger partial charge in [-0.3, -0.25) is 9.78 Å². The van der Waals surface area contributed by atoms with Gasteiger partial charge in [0.1, 0.15) is 5.82 Å². The lowest BCUT2D eigenvalue weighted by molar-refractivity contribution is -0.118. The van der Waals surface area contributed by atoms with Crippen LogP contribution >= 0.6 is 0 Å². The van der Waals surface area contributed by atoms with Crippen LogP contribution in [0.1, 0.15) is 48.9 Å². The maximum Gasteiger partial charge on any atom is 0.227 e. The average Bonchev–Trinajstić information content (AvgIpc) is 2.70. The Balaban J connectivity index is 1.77. The Bertz CT molecular complexity index is 963. The van der Waals surface area contributed by atoms with Crippen LogP contribution in [0.5, 0.6) is 0 Å². The number of anilines is 1. The van der Waals surface area contributed by atoms with Gasteiger partial charge in [-0.15, -0.1) is 0 Å². The number of halogens is 1. The SMILES string of the molecule is CCS(=O)NC1CCCc2c(-c3cc(F)c4c(c3)CCC(=O)N4C)cncc21.